The second kappa shape index (κ2) is 7.97. The number of amides is 1. The molecule has 124 valence electrons. The van der Waals surface area contributed by atoms with E-state index < -0.39 is 0 Å². The maximum atomic E-state index is 12.5. The van der Waals surface area contributed by atoms with Crippen LogP contribution in [0.4, 0.5) is 0 Å². The highest BCUT2D eigenvalue weighted by atomic mass is 35.5. The van der Waals surface area contributed by atoms with Crippen LogP contribution < -0.4 is 5.32 Å². The van der Waals surface area contributed by atoms with Gasteiger partial charge in [-0.1, -0.05) is 0 Å². The van der Waals surface area contributed by atoms with Gasteiger partial charge in [0.05, 0.1) is 0 Å². The molecule has 0 aliphatic carbocycles. The summed E-state index contributed by atoms with van der Waals surface area (Å²) in [7, 11) is 1.61. The fraction of sp³-hybridized carbons (Fsp3) is 0.667. The fourth-order valence-corrected chi connectivity index (χ4v) is 3.14. The summed E-state index contributed by atoms with van der Waals surface area (Å²) in [5.41, 5.74) is 0. The van der Waals surface area contributed by atoms with Gasteiger partial charge in [0.25, 0.3) is 5.91 Å². The number of halogens is 1. The average molecular weight is 330 g/mol. The van der Waals surface area contributed by atoms with E-state index in [4.69, 9.17) is 9.15 Å². The summed E-state index contributed by atoms with van der Waals surface area (Å²) in [6.07, 6.45) is 1.05. The number of likely N-dealkylation sites (tertiary alicyclic amines) is 1. The molecule has 1 unspecified atom stereocenters. The molecule has 3 rings (SSSR count). The maximum Gasteiger partial charge on any atom is 0.289 e. The summed E-state index contributed by atoms with van der Waals surface area (Å²) in [5, 5.41) is 3.36. The zero-order valence-electron chi connectivity index (χ0n) is 12.9. The van der Waals surface area contributed by atoms with Crippen LogP contribution >= 0.6 is 12.4 Å². The lowest BCUT2D eigenvalue weighted by molar-refractivity contribution is 0.0734. The van der Waals surface area contributed by atoms with Gasteiger partial charge in [-0.2, -0.15) is 0 Å². The van der Waals surface area contributed by atoms with Crippen molar-refractivity contribution in [2.24, 2.45) is 0 Å². The van der Waals surface area contributed by atoms with Crippen LogP contribution in [0.25, 0.3) is 0 Å². The fourth-order valence-electron chi connectivity index (χ4n) is 3.14. The molecular weight excluding hydrogens is 306 g/mol. The van der Waals surface area contributed by atoms with E-state index in [2.05, 4.69) is 10.2 Å². The summed E-state index contributed by atoms with van der Waals surface area (Å²) in [6.45, 7) is 6.26. The molecule has 3 heterocycles. The molecule has 6 nitrogen and oxygen atoms in total. The molecule has 0 radical (unpaired) electrons. The lowest BCUT2D eigenvalue weighted by Gasteiger charge is -2.32. The first-order valence-corrected chi connectivity index (χ1v) is 7.59. The molecule has 0 bridgehead atoms. The molecule has 2 aliphatic rings. The third-order valence-corrected chi connectivity index (χ3v) is 4.28. The lowest BCUT2D eigenvalue weighted by atomic mass is 10.2. The minimum absolute atomic E-state index is 0. The van der Waals surface area contributed by atoms with Crippen LogP contribution in [0.5, 0.6) is 0 Å². The summed E-state index contributed by atoms with van der Waals surface area (Å²) < 4.78 is 10.6. The van der Waals surface area contributed by atoms with Crippen molar-refractivity contribution in [3.63, 3.8) is 0 Å². The Hall–Kier alpha value is -1.08. The van der Waals surface area contributed by atoms with Crippen LogP contribution in [0.15, 0.2) is 16.5 Å². The Morgan fingerprint density at radius 1 is 1.36 bits per heavy atom. The van der Waals surface area contributed by atoms with E-state index in [1.165, 1.54) is 0 Å². The standard InChI is InChI=1S/C15H23N3O3.ClH/c1-20-11-13-2-3-14(21-13)15(19)18-7-4-12(10-18)17-8-5-16-6-9-17;/h2-3,12,16H,4-11H2,1H3;1H. The number of hydrogen-bond acceptors (Lipinski definition) is 5. The number of methoxy groups -OCH3 is 1. The number of ether oxygens (including phenoxy) is 1. The summed E-state index contributed by atoms with van der Waals surface area (Å²) >= 11 is 0. The number of nitrogens with zero attached hydrogens (tertiary/aromatic N) is 2. The van der Waals surface area contributed by atoms with Crippen LogP contribution in [0.2, 0.25) is 0 Å². The Morgan fingerprint density at radius 2 is 2.14 bits per heavy atom. The van der Waals surface area contributed by atoms with Crippen LogP contribution in [0, 0.1) is 0 Å². The second-order valence-corrected chi connectivity index (χ2v) is 5.68. The van der Waals surface area contributed by atoms with Gasteiger partial charge in [-0.3, -0.25) is 9.69 Å². The van der Waals surface area contributed by atoms with Crippen LogP contribution in [-0.4, -0.2) is 68.1 Å². The Kier molecular flexibility index (Phi) is 6.26. The van der Waals surface area contributed by atoms with Crippen molar-refractivity contribution in [1.82, 2.24) is 15.1 Å². The first kappa shape index (κ1) is 17.3. The van der Waals surface area contributed by atoms with Crippen molar-refractivity contribution in [2.45, 2.75) is 19.1 Å². The first-order chi connectivity index (χ1) is 10.3. The number of carbonyl (C=O) groups is 1. The van der Waals surface area contributed by atoms with Crippen LogP contribution in [0.1, 0.15) is 22.7 Å². The third kappa shape index (κ3) is 3.81. The van der Waals surface area contributed by atoms with Gasteiger partial charge in [0.15, 0.2) is 5.76 Å². The minimum Gasteiger partial charge on any atom is -0.453 e. The average Bonchev–Trinajstić information content (AvgIpc) is 3.17. The van der Waals surface area contributed by atoms with E-state index in [-0.39, 0.29) is 18.3 Å². The van der Waals surface area contributed by atoms with Gasteiger partial charge in [-0.15, -0.1) is 12.4 Å². The topological polar surface area (TPSA) is 58.0 Å². The quantitative estimate of drug-likeness (QED) is 0.892. The van der Waals surface area contributed by atoms with Crippen LogP contribution in [0.3, 0.4) is 0 Å². The van der Waals surface area contributed by atoms with Gasteiger partial charge in [-0.05, 0) is 18.6 Å². The number of rotatable bonds is 4. The van der Waals surface area contributed by atoms with E-state index >= 15 is 0 Å². The molecule has 1 atom stereocenters. The summed E-state index contributed by atoms with van der Waals surface area (Å²) in [5.74, 6) is 1.11. The molecule has 2 fully saturated rings. The van der Waals surface area contributed by atoms with Crippen molar-refractivity contribution in [3.8, 4) is 0 Å². The highest BCUT2D eigenvalue weighted by Gasteiger charge is 2.32. The summed E-state index contributed by atoms with van der Waals surface area (Å²) in [6, 6.07) is 4.04. The largest absolute Gasteiger partial charge is 0.453 e. The number of furan rings is 1. The molecule has 7 heteroatoms. The second-order valence-electron chi connectivity index (χ2n) is 5.68. The zero-order chi connectivity index (χ0) is 14.7. The van der Waals surface area contributed by atoms with E-state index in [0.717, 1.165) is 45.7 Å². The molecule has 2 saturated heterocycles. The molecule has 1 aromatic heterocycles. The van der Waals surface area contributed by atoms with Crippen molar-refractivity contribution in [2.75, 3.05) is 46.4 Å². The molecule has 0 spiro atoms. The molecule has 2 aliphatic heterocycles. The molecule has 22 heavy (non-hydrogen) atoms. The van der Waals surface area contributed by atoms with E-state index in [1.807, 2.05) is 4.90 Å². The normalized spacial score (nSPS) is 22.6. The van der Waals surface area contributed by atoms with E-state index in [1.54, 1.807) is 19.2 Å². The van der Waals surface area contributed by atoms with E-state index in [9.17, 15) is 4.79 Å². The van der Waals surface area contributed by atoms with E-state index in [0.29, 0.717) is 24.2 Å². The van der Waals surface area contributed by atoms with Crippen LogP contribution in [-0.2, 0) is 11.3 Å². The Morgan fingerprint density at radius 3 is 2.86 bits per heavy atom. The predicted octanol–water partition coefficient (Wildman–Crippen LogP) is 0.967. The van der Waals surface area contributed by atoms with Gasteiger partial charge < -0.3 is 19.4 Å². The maximum absolute atomic E-state index is 12.5. The Bertz CT molecular complexity index is 488. The predicted molar refractivity (Wildman–Crippen MR) is 85.4 cm³/mol. The minimum atomic E-state index is -0.00464. The number of piperazine rings is 1. The smallest absolute Gasteiger partial charge is 0.289 e. The molecular formula is C15H24ClN3O3. The van der Waals surface area contributed by atoms with Gasteiger partial charge in [0.1, 0.15) is 12.4 Å². The molecule has 0 aromatic carbocycles. The Labute approximate surface area is 137 Å². The molecule has 1 N–H and O–H groups in total. The van der Waals surface area contributed by atoms with Crippen molar-refractivity contribution < 1.29 is 13.9 Å². The highest BCUT2D eigenvalue weighted by Crippen LogP contribution is 2.19. The Balaban J connectivity index is 0.00000176. The number of carbonyl (C=O) groups excluding carboxylic acids is 1. The van der Waals surface area contributed by atoms with Crippen molar-refractivity contribution in [1.29, 1.82) is 0 Å². The molecule has 1 aromatic rings. The number of nitrogens with one attached hydrogen (secondary N) is 1. The van der Waals surface area contributed by atoms with Gasteiger partial charge in [-0.25, -0.2) is 0 Å². The lowest BCUT2D eigenvalue weighted by Crippen LogP contribution is -2.49. The third-order valence-electron chi connectivity index (χ3n) is 4.28. The van der Waals surface area contributed by atoms with Gasteiger partial charge in [0, 0.05) is 52.4 Å². The van der Waals surface area contributed by atoms with Gasteiger partial charge >= 0.3 is 0 Å². The molecule has 1 amide bonds. The SMILES string of the molecule is COCc1ccc(C(=O)N2CCC(N3CCNCC3)C2)o1.Cl. The van der Waals surface area contributed by atoms with Crippen molar-refractivity contribution in [3.05, 3.63) is 23.7 Å². The van der Waals surface area contributed by atoms with Crippen molar-refractivity contribution >= 4 is 18.3 Å². The monoisotopic (exact) mass is 329 g/mol. The summed E-state index contributed by atoms with van der Waals surface area (Å²) in [4.78, 5) is 16.8. The molecule has 0 saturated carbocycles. The van der Waals surface area contributed by atoms with Gasteiger partial charge in [0.2, 0.25) is 0 Å². The highest BCUT2D eigenvalue weighted by molar-refractivity contribution is 5.91. The number of hydrogen-bond donors (Lipinski definition) is 1. The zero-order valence-corrected chi connectivity index (χ0v) is 13.7. The first-order valence-electron chi connectivity index (χ1n) is 7.59.